The van der Waals surface area contributed by atoms with E-state index in [4.69, 9.17) is 9.47 Å². The average molecular weight is 360 g/mol. The van der Waals surface area contributed by atoms with Crippen LogP contribution in [0.5, 0.6) is 11.5 Å². The van der Waals surface area contributed by atoms with Crippen molar-refractivity contribution in [3.05, 3.63) is 23.8 Å². The van der Waals surface area contributed by atoms with E-state index in [-0.39, 0.29) is 23.4 Å². The number of amides is 1. The standard InChI is InChI=1S/C17H23F3N2O3/c1-2-24-15-9-12(6-7-14(15)25-11-17(18,19)20)10-22-13-5-3-4-8-21-16(13)23/h6-7,9,13,22H,2-5,8,10-11H2,1H3,(H,21,23). The van der Waals surface area contributed by atoms with Crippen LogP contribution in [0.4, 0.5) is 13.2 Å². The summed E-state index contributed by atoms with van der Waals surface area (Å²) in [5, 5.41) is 6.03. The van der Waals surface area contributed by atoms with Gasteiger partial charge < -0.3 is 20.1 Å². The van der Waals surface area contributed by atoms with E-state index in [1.54, 1.807) is 19.1 Å². The van der Waals surface area contributed by atoms with Crippen LogP contribution in [0.1, 0.15) is 31.7 Å². The minimum Gasteiger partial charge on any atom is -0.490 e. The molecule has 1 unspecified atom stereocenters. The highest BCUT2D eigenvalue weighted by Crippen LogP contribution is 2.30. The third-order valence-electron chi connectivity index (χ3n) is 3.79. The van der Waals surface area contributed by atoms with Gasteiger partial charge in [0.2, 0.25) is 5.91 Å². The fourth-order valence-electron chi connectivity index (χ4n) is 2.58. The molecule has 5 nitrogen and oxygen atoms in total. The van der Waals surface area contributed by atoms with Gasteiger partial charge in [0.1, 0.15) is 0 Å². The predicted octanol–water partition coefficient (Wildman–Crippen LogP) is 2.78. The number of halogens is 3. The molecule has 1 aliphatic rings. The van der Waals surface area contributed by atoms with Crippen molar-refractivity contribution < 1.29 is 27.4 Å². The molecule has 8 heteroatoms. The Morgan fingerprint density at radius 1 is 1.24 bits per heavy atom. The maximum atomic E-state index is 12.3. The fourth-order valence-corrected chi connectivity index (χ4v) is 2.58. The monoisotopic (exact) mass is 360 g/mol. The predicted molar refractivity (Wildman–Crippen MR) is 86.6 cm³/mol. The molecule has 140 valence electrons. The molecule has 0 aliphatic carbocycles. The topological polar surface area (TPSA) is 59.6 Å². The fraction of sp³-hybridized carbons (Fsp3) is 0.588. The Labute approximate surface area is 144 Å². The van der Waals surface area contributed by atoms with E-state index in [9.17, 15) is 18.0 Å². The van der Waals surface area contributed by atoms with Crippen LogP contribution in [0.2, 0.25) is 0 Å². The molecular formula is C17H23F3N2O3. The molecule has 0 spiro atoms. The maximum absolute atomic E-state index is 12.3. The van der Waals surface area contributed by atoms with Crippen LogP contribution in [0.25, 0.3) is 0 Å². The molecular weight excluding hydrogens is 337 g/mol. The minimum atomic E-state index is -4.41. The Kier molecular flexibility index (Phi) is 6.92. The van der Waals surface area contributed by atoms with Crippen LogP contribution in [-0.4, -0.2) is 37.9 Å². The van der Waals surface area contributed by atoms with Crippen molar-refractivity contribution >= 4 is 5.91 Å². The summed E-state index contributed by atoms with van der Waals surface area (Å²) >= 11 is 0. The molecule has 0 radical (unpaired) electrons. The van der Waals surface area contributed by atoms with Gasteiger partial charge in [-0.2, -0.15) is 13.2 Å². The molecule has 1 atom stereocenters. The number of rotatable bonds is 7. The van der Waals surface area contributed by atoms with E-state index < -0.39 is 12.8 Å². The molecule has 1 saturated heterocycles. The quantitative estimate of drug-likeness (QED) is 0.785. The van der Waals surface area contributed by atoms with Crippen molar-refractivity contribution in [2.45, 2.75) is 44.9 Å². The first kappa shape index (κ1) is 19.4. The van der Waals surface area contributed by atoms with Gasteiger partial charge in [0.15, 0.2) is 18.1 Å². The molecule has 1 aliphatic heterocycles. The summed E-state index contributed by atoms with van der Waals surface area (Å²) in [6.45, 7) is 1.79. The molecule has 1 heterocycles. The average Bonchev–Trinajstić information content (AvgIpc) is 2.76. The smallest absolute Gasteiger partial charge is 0.422 e. The first-order valence-electron chi connectivity index (χ1n) is 8.35. The highest BCUT2D eigenvalue weighted by Gasteiger charge is 2.29. The van der Waals surface area contributed by atoms with Crippen LogP contribution in [0.15, 0.2) is 18.2 Å². The van der Waals surface area contributed by atoms with Gasteiger partial charge in [0.05, 0.1) is 12.6 Å². The van der Waals surface area contributed by atoms with Gasteiger partial charge in [-0.3, -0.25) is 4.79 Å². The SMILES string of the molecule is CCOc1cc(CNC2CCCCNC2=O)ccc1OCC(F)(F)F. The highest BCUT2D eigenvalue weighted by atomic mass is 19.4. The van der Waals surface area contributed by atoms with Crippen molar-refractivity contribution in [1.29, 1.82) is 0 Å². The first-order chi connectivity index (χ1) is 11.9. The van der Waals surface area contributed by atoms with Gasteiger partial charge in [-0.05, 0) is 43.9 Å². The molecule has 1 fully saturated rings. The van der Waals surface area contributed by atoms with E-state index >= 15 is 0 Å². The first-order valence-corrected chi connectivity index (χ1v) is 8.35. The summed E-state index contributed by atoms with van der Waals surface area (Å²) in [6.07, 6.45) is -1.72. The zero-order chi connectivity index (χ0) is 18.3. The van der Waals surface area contributed by atoms with E-state index in [0.717, 1.165) is 24.8 Å². The second-order valence-electron chi connectivity index (χ2n) is 5.84. The Morgan fingerprint density at radius 3 is 2.76 bits per heavy atom. The lowest BCUT2D eigenvalue weighted by Gasteiger charge is -2.17. The number of hydrogen-bond donors (Lipinski definition) is 2. The summed E-state index contributed by atoms with van der Waals surface area (Å²) in [4.78, 5) is 11.9. The third kappa shape index (κ3) is 6.45. The Balaban J connectivity index is 2.00. The van der Waals surface area contributed by atoms with Crippen molar-refractivity contribution in [2.24, 2.45) is 0 Å². The number of alkyl halides is 3. The van der Waals surface area contributed by atoms with Gasteiger partial charge in [-0.25, -0.2) is 0 Å². The number of hydrogen-bond acceptors (Lipinski definition) is 4. The highest BCUT2D eigenvalue weighted by molar-refractivity contribution is 5.81. The zero-order valence-corrected chi connectivity index (χ0v) is 14.1. The number of ether oxygens (including phenoxy) is 2. The maximum Gasteiger partial charge on any atom is 0.422 e. The lowest BCUT2D eigenvalue weighted by atomic mass is 10.1. The van der Waals surface area contributed by atoms with Crippen molar-refractivity contribution in [3.63, 3.8) is 0 Å². The number of nitrogens with one attached hydrogen (secondary N) is 2. The van der Waals surface area contributed by atoms with Crippen LogP contribution in [0.3, 0.4) is 0 Å². The van der Waals surface area contributed by atoms with Crippen LogP contribution in [-0.2, 0) is 11.3 Å². The number of benzene rings is 1. The van der Waals surface area contributed by atoms with Crippen LogP contribution >= 0.6 is 0 Å². The van der Waals surface area contributed by atoms with Crippen molar-refractivity contribution in [1.82, 2.24) is 10.6 Å². The molecule has 0 aromatic heterocycles. The van der Waals surface area contributed by atoms with Gasteiger partial charge >= 0.3 is 6.18 Å². The Bertz CT molecular complexity index is 579. The second-order valence-corrected chi connectivity index (χ2v) is 5.84. The van der Waals surface area contributed by atoms with Gasteiger partial charge in [0.25, 0.3) is 0 Å². The van der Waals surface area contributed by atoms with Crippen LogP contribution in [0, 0.1) is 0 Å². The molecule has 0 bridgehead atoms. The normalized spacial score (nSPS) is 18.4. The lowest BCUT2D eigenvalue weighted by Crippen LogP contribution is -2.42. The van der Waals surface area contributed by atoms with Gasteiger partial charge in [-0.1, -0.05) is 6.07 Å². The summed E-state index contributed by atoms with van der Waals surface area (Å²) in [5.41, 5.74) is 0.805. The van der Waals surface area contributed by atoms with E-state index in [1.807, 2.05) is 0 Å². The minimum absolute atomic E-state index is 0.0207. The Morgan fingerprint density at radius 2 is 2.04 bits per heavy atom. The van der Waals surface area contributed by atoms with E-state index in [0.29, 0.717) is 19.7 Å². The molecule has 25 heavy (non-hydrogen) atoms. The molecule has 0 saturated carbocycles. The van der Waals surface area contributed by atoms with Crippen molar-refractivity contribution in [2.75, 3.05) is 19.8 Å². The van der Waals surface area contributed by atoms with Crippen molar-refractivity contribution in [3.8, 4) is 11.5 Å². The van der Waals surface area contributed by atoms with Gasteiger partial charge in [-0.15, -0.1) is 0 Å². The second kappa shape index (κ2) is 8.94. The number of carbonyl (C=O) groups excluding carboxylic acids is 1. The zero-order valence-electron chi connectivity index (χ0n) is 14.1. The lowest BCUT2D eigenvalue weighted by molar-refractivity contribution is -0.153. The largest absolute Gasteiger partial charge is 0.490 e. The van der Waals surface area contributed by atoms with Gasteiger partial charge in [0, 0.05) is 13.1 Å². The summed E-state index contributed by atoms with van der Waals surface area (Å²) < 4.78 is 47.1. The summed E-state index contributed by atoms with van der Waals surface area (Å²) in [5.74, 6) is 0.291. The molecule has 1 amide bonds. The third-order valence-corrected chi connectivity index (χ3v) is 3.79. The Hall–Kier alpha value is -1.96. The summed E-state index contributed by atoms with van der Waals surface area (Å²) in [7, 11) is 0. The molecule has 2 N–H and O–H groups in total. The van der Waals surface area contributed by atoms with Crippen LogP contribution < -0.4 is 20.1 Å². The molecule has 1 aromatic rings. The molecule has 1 aromatic carbocycles. The van der Waals surface area contributed by atoms with E-state index in [1.165, 1.54) is 6.07 Å². The summed E-state index contributed by atoms with van der Waals surface area (Å²) in [6, 6.07) is 4.49. The number of carbonyl (C=O) groups is 1. The van der Waals surface area contributed by atoms with E-state index in [2.05, 4.69) is 10.6 Å². The molecule has 2 rings (SSSR count).